The second kappa shape index (κ2) is 7.84. The molecule has 4 saturated carbocycles. The summed E-state index contributed by atoms with van der Waals surface area (Å²) < 4.78 is 0. The van der Waals surface area contributed by atoms with Crippen molar-refractivity contribution >= 4 is 0 Å². The first-order chi connectivity index (χ1) is 14.7. The van der Waals surface area contributed by atoms with Crippen LogP contribution in [0.1, 0.15) is 120 Å². The summed E-state index contributed by atoms with van der Waals surface area (Å²) in [5.74, 6) is 2.45. The van der Waals surface area contributed by atoms with Crippen LogP contribution >= 0.6 is 0 Å². The van der Waals surface area contributed by atoms with E-state index in [-0.39, 0.29) is 11.5 Å². The third kappa shape index (κ3) is 3.40. The van der Waals surface area contributed by atoms with E-state index >= 15 is 0 Å². The fraction of sp³-hybridized carbons (Fsp3) is 0.933. The first-order valence-corrected chi connectivity index (χ1v) is 13.7. The van der Waals surface area contributed by atoms with Gasteiger partial charge in [0.2, 0.25) is 0 Å². The van der Waals surface area contributed by atoms with Gasteiger partial charge >= 0.3 is 0 Å². The maximum Gasteiger partial charge on any atom is 0.0653 e. The molecular formula is C30H52O2. The van der Waals surface area contributed by atoms with Crippen molar-refractivity contribution in [2.24, 2.45) is 45.3 Å². The molecule has 0 heterocycles. The second-order valence-electron chi connectivity index (χ2n) is 14.4. The average Bonchev–Trinajstić information content (AvgIpc) is 3.04. The van der Waals surface area contributed by atoms with Crippen molar-refractivity contribution in [3.63, 3.8) is 0 Å². The Morgan fingerprint density at radius 2 is 1.53 bits per heavy atom. The van der Waals surface area contributed by atoms with Gasteiger partial charge in [0, 0.05) is 0 Å². The van der Waals surface area contributed by atoms with Crippen molar-refractivity contribution < 1.29 is 10.2 Å². The molecule has 4 aliphatic carbocycles. The molecule has 4 rings (SSSR count). The van der Waals surface area contributed by atoms with Gasteiger partial charge in [0.25, 0.3) is 0 Å². The van der Waals surface area contributed by atoms with Crippen molar-refractivity contribution in [2.45, 2.75) is 131 Å². The van der Waals surface area contributed by atoms with Crippen LogP contribution in [0.3, 0.4) is 0 Å². The molecule has 2 heteroatoms. The summed E-state index contributed by atoms with van der Waals surface area (Å²) in [6.07, 6.45) is 13.8. The summed E-state index contributed by atoms with van der Waals surface area (Å²) in [4.78, 5) is 0. The fourth-order valence-electron chi connectivity index (χ4n) is 10.3. The number of hydrogen-bond acceptors (Lipinski definition) is 2. The molecule has 0 aliphatic heterocycles. The van der Waals surface area contributed by atoms with Gasteiger partial charge in [0.1, 0.15) is 0 Å². The number of hydrogen-bond donors (Lipinski definition) is 2. The molecule has 0 saturated heterocycles. The molecule has 0 amide bonds. The van der Waals surface area contributed by atoms with Gasteiger partial charge in [-0.1, -0.05) is 46.3 Å². The van der Waals surface area contributed by atoms with E-state index in [1.807, 2.05) is 0 Å². The molecule has 0 aromatic carbocycles. The molecule has 184 valence electrons. The van der Waals surface area contributed by atoms with Crippen LogP contribution in [0.5, 0.6) is 0 Å². The number of rotatable bonds is 4. The summed E-state index contributed by atoms with van der Waals surface area (Å²) in [6.45, 7) is 19.0. The highest BCUT2D eigenvalue weighted by Gasteiger charge is 2.69. The van der Waals surface area contributed by atoms with Gasteiger partial charge in [-0.05, 0) is 130 Å². The number of allylic oxidation sites excluding steroid dienone is 2. The zero-order valence-electron chi connectivity index (χ0n) is 22.4. The summed E-state index contributed by atoms with van der Waals surface area (Å²) in [6, 6.07) is 0. The van der Waals surface area contributed by atoms with E-state index in [4.69, 9.17) is 0 Å². The Morgan fingerprint density at radius 1 is 0.875 bits per heavy atom. The van der Waals surface area contributed by atoms with Crippen LogP contribution in [0.15, 0.2) is 11.6 Å². The van der Waals surface area contributed by atoms with Crippen molar-refractivity contribution in [3.8, 4) is 0 Å². The summed E-state index contributed by atoms with van der Waals surface area (Å²) in [5.41, 5.74) is 1.84. The molecule has 4 fully saturated rings. The predicted molar refractivity (Wildman–Crippen MR) is 134 cm³/mol. The summed E-state index contributed by atoms with van der Waals surface area (Å²) in [5, 5.41) is 22.5. The zero-order chi connectivity index (χ0) is 23.7. The monoisotopic (exact) mass is 444 g/mol. The molecule has 2 nitrogen and oxygen atoms in total. The lowest BCUT2D eigenvalue weighted by Crippen LogP contribution is -2.64. The lowest BCUT2D eigenvalue weighted by Gasteiger charge is -2.70. The molecular weight excluding hydrogens is 392 g/mol. The van der Waals surface area contributed by atoms with Crippen molar-refractivity contribution in [1.29, 1.82) is 0 Å². The predicted octanol–water partition coefficient (Wildman–Crippen LogP) is 7.53. The number of aliphatic hydroxyl groups excluding tert-OH is 1. The normalized spacial score (nSPS) is 49.4. The van der Waals surface area contributed by atoms with Crippen molar-refractivity contribution in [3.05, 3.63) is 11.6 Å². The van der Waals surface area contributed by atoms with Gasteiger partial charge in [0.05, 0.1) is 11.7 Å². The Balaban J connectivity index is 1.61. The van der Waals surface area contributed by atoms with E-state index in [0.29, 0.717) is 34.0 Å². The standard InChI is InChI=1S/C30H52O2/c1-20(2)10-9-16-30(8,32)22-13-18-28(6)21(22)11-12-24-27(5)17-15-25(31)26(3,4)23(27)14-19-29(24,28)7/h10,21-25,31-32H,9,11-19H2,1-8H3/t21?,22?,23-,24+,25-,27-,28+,29+,30+/m0/s1. The molecule has 0 aromatic heterocycles. The SMILES string of the molecule is CC(C)=CCC[C@@](C)(O)C1CC[C@]2(C)C1CC[C@@H]1[C@@]3(C)CC[C@H](O)C(C)(C)[C@@H]3CC[C@]12C. The van der Waals surface area contributed by atoms with Gasteiger partial charge in [-0.25, -0.2) is 0 Å². The van der Waals surface area contributed by atoms with Crippen LogP contribution in [0.2, 0.25) is 0 Å². The van der Waals surface area contributed by atoms with Gasteiger partial charge in [0.15, 0.2) is 0 Å². The fourth-order valence-corrected chi connectivity index (χ4v) is 10.3. The molecule has 32 heavy (non-hydrogen) atoms. The Labute approximate surface area is 198 Å². The first kappa shape index (κ1) is 24.8. The molecule has 0 bridgehead atoms. The van der Waals surface area contributed by atoms with E-state index < -0.39 is 5.60 Å². The van der Waals surface area contributed by atoms with Gasteiger partial charge in [-0.2, -0.15) is 0 Å². The minimum atomic E-state index is -0.560. The summed E-state index contributed by atoms with van der Waals surface area (Å²) >= 11 is 0. The van der Waals surface area contributed by atoms with Crippen LogP contribution in [0.4, 0.5) is 0 Å². The van der Waals surface area contributed by atoms with Crippen LogP contribution in [0, 0.1) is 45.3 Å². The molecule has 2 unspecified atom stereocenters. The third-order valence-corrected chi connectivity index (χ3v) is 12.4. The lowest BCUT2D eigenvalue weighted by atomic mass is 9.35. The Kier molecular flexibility index (Phi) is 6.07. The number of fused-ring (bicyclic) bond motifs is 5. The summed E-state index contributed by atoms with van der Waals surface area (Å²) in [7, 11) is 0. The van der Waals surface area contributed by atoms with Gasteiger partial charge < -0.3 is 10.2 Å². The quantitative estimate of drug-likeness (QED) is 0.440. The van der Waals surface area contributed by atoms with E-state index in [9.17, 15) is 10.2 Å². The Morgan fingerprint density at radius 3 is 2.19 bits per heavy atom. The zero-order valence-corrected chi connectivity index (χ0v) is 22.4. The highest BCUT2D eigenvalue weighted by molar-refractivity contribution is 5.18. The molecule has 0 spiro atoms. The van der Waals surface area contributed by atoms with Gasteiger partial charge in [-0.3, -0.25) is 0 Å². The largest absolute Gasteiger partial charge is 0.393 e. The number of aliphatic hydroxyl groups is 2. The van der Waals surface area contributed by atoms with E-state index in [1.54, 1.807) is 0 Å². The van der Waals surface area contributed by atoms with E-state index in [0.717, 1.165) is 25.2 Å². The maximum absolute atomic E-state index is 11.6. The van der Waals surface area contributed by atoms with Crippen molar-refractivity contribution in [1.82, 2.24) is 0 Å². The smallest absolute Gasteiger partial charge is 0.0653 e. The molecule has 9 atom stereocenters. The van der Waals surface area contributed by atoms with Gasteiger partial charge in [-0.15, -0.1) is 0 Å². The van der Waals surface area contributed by atoms with Crippen LogP contribution in [-0.4, -0.2) is 21.9 Å². The Bertz CT molecular complexity index is 746. The van der Waals surface area contributed by atoms with Crippen LogP contribution in [0.25, 0.3) is 0 Å². The first-order valence-electron chi connectivity index (χ1n) is 13.7. The minimum Gasteiger partial charge on any atom is -0.393 e. The molecule has 2 N–H and O–H groups in total. The topological polar surface area (TPSA) is 40.5 Å². The third-order valence-electron chi connectivity index (χ3n) is 12.4. The molecule has 4 aliphatic rings. The molecule has 0 radical (unpaired) electrons. The maximum atomic E-state index is 11.6. The highest BCUT2D eigenvalue weighted by Crippen LogP contribution is 2.75. The van der Waals surface area contributed by atoms with E-state index in [1.165, 1.54) is 50.5 Å². The van der Waals surface area contributed by atoms with Crippen LogP contribution in [-0.2, 0) is 0 Å². The van der Waals surface area contributed by atoms with Crippen molar-refractivity contribution in [2.75, 3.05) is 0 Å². The molecule has 0 aromatic rings. The average molecular weight is 445 g/mol. The minimum absolute atomic E-state index is 0.0267. The lowest BCUT2D eigenvalue weighted by molar-refractivity contribution is -0.225. The van der Waals surface area contributed by atoms with Crippen LogP contribution < -0.4 is 0 Å². The second-order valence-corrected chi connectivity index (χ2v) is 14.4. The highest BCUT2D eigenvalue weighted by atomic mass is 16.3. The Hall–Kier alpha value is -0.340. The van der Waals surface area contributed by atoms with E-state index in [2.05, 4.69) is 61.5 Å².